The smallest absolute Gasteiger partial charge is 0.317 e. The molecule has 24 heavy (non-hydrogen) atoms. The highest BCUT2D eigenvalue weighted by molar-refractivity contribution is 8.23. The molecule has 1 heterocycles. The quantitative estimate of drug-likeness (QED) is 0.635. The van der Waals surface area contributed by atoms with E-state index in [-0.39, 0.29) is 5.75 Å². The topological polar surface area (TPSA) is 58.6 Å². The van der Waals surface area contributed by atoms with Crippen molar-refractivity contribution in [1.29, 1.82) is 0 Å². The number of anilines is 1. The summed E-state index contributed by atoms with van der Waals surface area (Å²) in [6, 6.07) is 5.35. The first-order valence-electron chi connectivity index (χ1n) is 7.63. The fourth-order valence-electron chi connectivity index (χ4n) is 2.17. The van der Waals surface area contributed by atoms with Gasteiger partial charge in [-0.05, 0) is 44.0 Å². The Hall–Kier alpha value is -1.67. The standard InChI is InChI=1S/C16H19FN2O3S2/c1-11(15(21)18-13-6-4-12(17)5-7-13)22-14(20)10-24-16(23)19-8-2-3-9-19/h4-7,11H,2-3,8-10H2,1H3,(H,18,21)/t11-/m0/s1. The Morgan fingerprint density at radius 3 is 2.58 bits per heavy atom. The maximum atomic E-state index is 12.8. The molecule has 5 nitrogen and oxygen atoms in total. The number of benzene rings is 1. The number of hydrogen-bond donors (Lipinski definition) is 1. The van der Waals surface area contributed by atoms with Crippen LogP contribution < -0.4 is 5.32 Å². The zero-order valence-corrected chi connectivity index (χ0v) is 14.9. The second-order valence-electron chi connectivity index (χ2n) is 5.38. The Labute approximate surface area is 149 Å². The van der Waals surface area contributed by atoms with E-state index in [0.717, 1.165) is 25.9 Å². The van der Waals surface area contributed by atoms with E-state index < -0.39 is 23.8 Å². The average molecular weight is 370 g/mol. The molecule has 1 amide bonds. The van der Waals surface area contributed by atoms with Crippen molar-refractivity contribution in [3.05, 3.63) is 30.1 Å². The van der Waals surface area contributed by atoms with Gasteiger partial charge in [-0.3, -0.25) is 9.59 Å². The maximum absolute atomic E-state index is 12.8. The molecule has 1 aromatic carbocycles. The Balaban J connectivity index is 1.72. The molecular formula is C16H19FN2O3S2. The van der Waals surface area contributed by atoms with Crippen molar-refractivity contribution >= 4 is 45.9 Å². The van der Waals surface area contributed by atoms with Crippen LogP contribution in [0.4, 0.5) is 10.1 Å². The first-order valence-corrected chi connectivity index (χ1v) is 9.02. The van der Waals surface area contributed by atoms with Gasteiger partial charge >= 0.3 is 5.97 Å². The van der Waals surface area contributed by atoms with Crippen molar-refractivity contribution in [2.75, 3.05) is 24.2 Å². The molecule has 0 spiro atoms. The average Bonchev–Trinajstić information content (AvgIpc) is 3.09. The van der Waals surface area contributed by atoms with Crippen LogP contribution in [0.15, 0.2) is 24.3 Å². The number of ether oxygens (including phenoxy) is 1. The van der Waals surface area contributed by atoms with Crippen LogP contribution in [0.2, 0.25) is 0 Å². The number of hydrogen-bond acceptors (Lipinski definition) is 5. The van der Waals surface area contributed by atoms with Gasteiger partial charge in [0.2, 0.25) is 0 Å². The van der Waals surface area contributed by atoms with Crippen molar-refractivity contribution in [2.24, 2.45) is 0 Å². The first kappa shape index (κ1) is 18.7. The minimum atomic E-state index is -0.941. The molecule has 1 atom stereocenters. The largest absolute Gasteiger partial charge is 0.452 e. The molecule has 1 aromatic rings. The number of esters is 1. The van der Waals surface area contributed by atoms with Gasteiger partial charge in [0, 0.05) is 18.8 Å². The van der Waals surface area contributed by atoms with E-state index in [2.05, 4.69) is 10.2 Å². The number of nitrogens with zero attached hydrogens (tertiary/aromatic N) is 1. The molecule has 8 heteroatoms. The molecular weight excluding hydrogens is 351 g/mol. The lowest BCUT2D eigenvalue weighted by Gasteiger charge is -2.18. The molecule has 0 radical (unpaired) electrons. The van der Waals surface area contributed by atoms with E-state index >= 15 is 0 Å². The van der Waals surface area contributed by atoms with Crippen LogP contribution in [0.5, 0.6) is 0 Å². The molecule has 0 saturated carbocycles. The zero-order valence-electron chi connectivity index (χ0n) is 13.3. The van der Waals surface area contributed by atoms with Crippen molar-refractivity contribution in [3.8, 4) is 0 Å². The third-order valence-corrected chi connectivity index (χ3v) is 4.96. The molecule has 1 N–H and O–H groups in total. The summed E-state index contributed by atoms with van der Waals surface area (Å²) in [7, 11) is 0. The van der Waals surface area contributed by atoms with Gasteiger partial charge in [0.25, 0.3) is 5.91 Å². The van der Waals surface area contributed by atoms with E-state index in [9.17, 15) is 14.0 Å². The van der Waals surface area contributed by atoms with Gasteiger partial charge in [-0.25, -0.2) is 4.39 Å². The number of thioether (sulfide) groups is 1. The van der Waals surface area contributed by atoms with Gasteiger partial charge in [-0.15, -0.1) is 0 Å². The normalized spacial score (nSPS) is 15.0. The van der Waals surface area contributed by atoms with Gasteiger partial charge in [0.15, 0.2) is 6.10 Å². The van der Waals surface area contributed by atoms with Crippen LogP contribution in [0.1, 0.15) is 19.8 Å². The monoisotopic (exact) mass is 370 g/mol. The molecule has 0 aromatic heterocycles. The number of carbonyl (C=O) groups is 2. The minimum Gasteiger partial charge on any atom is -0.452 e. The predicted octanol–water partition coefficient (Wildman–Crippen LogP) is 2.81. The van der Waals surface area contributed by atoms with E-state index in [1.165, 1.54) is 43.0 Å². The molecule has 1 fully saturated rings. The molecule has 1 aliphatic heterocycles. The Bertz CT molecular complexity index is 604. The second-order valence-corrected chi connectivity index (χ2v) is 6.99. The summed E-state index contributed by atoms with van der Waals surface area (Å²) in [5.41, 5.74) is 0.439. The van der Waals surface area contributed by atoms with Gasteiger partial charge < -0.3 is 15.0 Å². The minimum absolute atomic E-state index is 0.0729. The van der Waals surface area contributed by atoms with Crippen LogP contribution in [0, 0.1) is 5.82 Å². The van der Waals surface area contributed by atoms with Gasteiger partial charge in [0.1, 0.15) is 10.1 Å². The number of amides is 1. The molecule has 0 unspecified atom stereocenters. The number of carbonyl (C=O) groups excluding carboxylic acids is 2. The highest BCUT2D eigenvalue weighted by Crippen LogP contribution is 2.16. The summed E-state index contributed by atoms with van der Waals surface area (Å²) in [6.45, 7) is 3.34. The van der Waals surface area contributed by atoms with Crippen LogP contribution in [0.25, 0.3) is 0 Å². The third kappa shape index (κ3) is 5.76. The van der Waals surface area contributed by atoms with Gasteiger partial charge in [-0.2, -0.15) is 0 Å². The number of rotatable bonds is 5. The summed E-state index contributed by atoms with van der Waals surface area (Å²) < 4.78 is 18.6. The van der Waals surface area contributed by atoms with Gasteiger partial charge in [-0.1, -0.05) is 24.0 Å². The summed E-state index contributed by atoms with van der Waals surface area (Å²) in [6.07, 6.45) is 1.29. The number of halogens is 1. The summed E-state index contributed by atoms with van der Waals surface area (Å²) >= 11 is 6.52. The Kier molecular flexibility index (Phi) is 6.99. The van der Waals surface area contributed by atoms with Crippen LogP contribution in [-0.2, 0) is 14.3 Å². The van der Waals surface area contributed by atoms with E-state index in [0.29, 0.717) is 10.0 Å². The van der Waals surface area contributed by atoms with Crippen LogP contribution in [-0.4, -0.2) is 46.0 Å². The Morgan fingerprint density at radius 2 is 1.96 bits per heavy atom. The SMILES string of the molecule is C[C@H](OC(=O)CSC(=S)N1CCCC1)C(=O)Nc1ccc(F)cc1. The van der Waals surface area contributed by atoms with Crippen molar-refractivity contribution in [3.63, 3.8) is 0 Å². The second kappa shape index (κ2) is 8.98. The lowest BCUT2D eigenvalue weighted by molar-refractivity contribution is -0.150. The first-order chi connectivity index (χ1) is 11.5. The summed E-state index contributed by atoms with van der Waals surface area (Å²) in [5.74, 6) is -1.28. The van der Waals surface area contributed by atoms with E-state index in [4.69, 9.17) is 17.0 Å². The lowest BCUT2D eigenvalue weighted by atomic mass is 10.3. The molecule has 0 aliphatic carbocycles. The van der Waals surface area contributed by atoms with Crippen LogP contribution in [0.3, 0.4) is 0 Å². The number of thiocarbonyl (C=S) groups is 1. The van der Waals surface area contributed by atoms with Gasteiger partial charge in [0.05, 0.1) is 5.75 Å². The predicted molar refractivity (Wildman–Crippen MR) is 96.4 cm³/mol. The fraction of sp³-hybridized carbons (Fsp3) is 0.438. The maximum Gasteiger partial charge on any atom is 0.317 e. The molecule has 2 rings (SSSR count). The van der Waals surface area contributed by atoms with E-state index in [1.807, 2.05) is 0 Å². The summed E-state index contributed by atoms with van der Waals surface area (Å²) in [5, 5.41) is 2.56. The fourth-order valence-corrected chi connectivity index (χ4v) is 3.21. The Morgan fingerprint density at radius 1 is 1.33 bits per heavy atom. The highest BCUT2D eigenvalue weighted by Gasteiger charge is 2.20. The summed E-state index contributed by atoms with van der Waals surface area (Å²) in [4.78, 5) is 25.8. The lowest BCUT2D eigenvalue weighted by Crippen LogP contribution is -2.31. The molecule has 1 aliphatic rings. The highest BCUT2D eigenvalue weighted by atomic mass is 32.2. The van der Waals surface area contributed by atoms with E-state index in [1.54, 1.807) is 0 Å². The van der Waals surface area contributed by atoms with Crippen molar-refractivity contribution < 1.29 is 18.7 Å². The zero-order chi connectivity index (χ0) is 17.5. The van der Waals surface area contributed by atoms with Crippen molar-refractivity contribution in [1.82, 2.24) is 4.90 Å². The van der Waals surface area contributed by atoms with Crippen LogP contribution >= 0.6 is 24.0 Å². The molecule has 0 bridgehead atoms. The number of likely N-dealkylation sites (tertiary alicyclic amines) is 1. The van der Waals surface area contributed by atoms with Crippen molar-refractivity contribution in [2.45, 2.75) is 25.9 Å². The number of nitrogens with one attached hydrogen (secondary N) is 1. The third-order valence-electron chi connectivity index (χ3n) is 3.47. The molecule has 1 saturated heterocycles. The molecule has 130 valence electrons.